The molecule has 0 bridgehead atoms. The molecule has 2 aromatic rings. The van der Waals surface area contributed by atoms with E-state index >= 15 is 0 Å². The number of nitrogens with zero attached hydrogens (tertiary/aromatic N) is 1. The van der Waals surface area contributed by atoms with Crippen molar-refractivity contribution in [1.29, 1.82) is 0 Å². The monoisotopic (exact) mass is 370 g/mol. The maximum Gasteiger partial charge on any atom is 0.273 e. The second-order valence-electron chi connectivity index (χ2n) is 5.98. The number of benzene rings is 1. The Hall–Kier alpha value is -2.39. The summed E-state index contributed by atoms with van der Waals surface area (Å²) in [5.74, 6) is -3.88. The minimum Gasteiger partial charge on any atom is -0.381 e. The molecule has 1 amide bonds. The first kappa shape index (κ1) is 18.4. The third-order valence-corrected chi connectivity index (χ3v) is 3.92. The number of carbonyl (C=O) groups is 1. The zero-order chi connectivity index (χ0) is 18.5. The first-order chi connectivity index (χ1) is 12.5. The number of carbonyl (C=O) groups excluding carboxylic acids is 1. The molecule has 2 heterocycles. The predicted molar refractivity (Wildman–Crippen MR) is 82.6 cm³/mol. The first-order valence-electron chi connectivity index (χ1n) is 8.05. The molecule has 6 nitrogen and oxygen atoms in total. The number of amides is 1. The number of aromatic nitrogens is 1. The first-order valence-corrected chi connectivity index (χ1v) is 8.05. The van der Waals surface area contributed by atoms with Crippen molar-refractivity contribution in [3.05, 3.63) is 52.7 Å². The Morgan fingerprint density at radius 3 is 2.69 bits per heavy atom. The second kappa shape index (κ2) is 8.33. The van der Waals surface area contributed by atoms with Gasteiger partial charge in [-0.25, -0.2) is 13.2 Å². The van der Waals surface area contributed by atoms with Crippen LogP contribution in [0.1, 0.15) is 28.2 Å². The molecule has 140 valence electrons. The molecule has 0 spiro atoms. The summed E-state index contributed by atoms with van der Waals surface area (Å²) in [4.78, 5) is 12.0. The lowest BCUT2D eigenvalue weighted by Crippen LogP contribution is -2.29. The van der Waals surface area contributed by atoms with Gasteiger partial charge in [0.15, 0.2) is 28.9 Å². The lowest BCUT2D eigenvalue weighted by atomic mass is 10.1. The smallest absolute Gasteiger partial charge is 0.273 e. The summed E-state index contributed by atoms with van der Waals surface area (Å²) in [6, 6.07) is 3.13. The van der Waals surface area contributed by atoms with Crippen LogP contribution < -0.4 is 5.32 Å². The van der Waals surface area contributed by atoms with Crippen LogP contribution >= 0.6 is 0 Å². The highest BCUT2D eigenvalue weighted by atomic mass is 19.2. The van der Waals surface area contributed by atoms with Crippen molar-refractivity contribution in [1.82, 2.24) is 10.5 Å². The quantitative estimate of drug-likeness (QED) is 0.759. The van der Waals surface area contributed by atoms with E-state index in [0.29, 0.717) is 25.7 Å². The van der Waals surface area contributed by atoms with Crippen molar-refractivity contribution in [2.24, 2.45) is 5.92 Å². The minimum atomic E-state index is -1.52. The topological polar surface area (TPSA) is 73.6 Å². The van der Waals surface area contributed by atoms with Crippen molar-refractivity contribution >= 4 is 5.91 Å². The molecule has 1 aromatic carbocycles. The average Bonchev–Trinajstić information content (AvgIpc) is 3.29. The van der Waals surface area contributed by atoms with Gasteiger partial charge in [0, 0.05) is 25.1 Å². The fraction of sp³-hybridized carbons (Fsp3) is 0.412. The van der Waals surface area contributed by atoms with E-state index in [-0.39, 0.29) is 36.1 Å². The number of halogens is 3. The van der Waals surface area contributed by atoms with Gasteiger partial charge in [-0.2, -0.15) is 0 Å². The van der Waals surface area contributed by atoms with Crippen molar-refractivity contribution in [2.45, 2.75) is 19.6 Å². The van der Waals surface area contributed by atoms with E-state index in [1.807, 2.05) is 0 Å². The van der Waals surface area contributed by atoms with Crippen LogP contribution in [0.4, 0.5) is 13.2 Å². The van der Waals surface area contributed by atoms with Crippen molar-refractivity contribution in [3.63, 3.8) is 0 Å². The Labute approximate surface area is 147 Å². The van der Waals surface area contributed by atoms with Crippen LogP contribution in [0.25, 0.3) is 0 Å². The van der Waals surface area contributed by atoms with Crippen LogP contribution in [0.5, 0.6) is 0 Å². The molecule has 1 aliphatic rings. The third-order valence-electron chi connectivity index (χ3n) is 3.92. The maximum absolute atomic E-state index is 13.1. The summed E-state index contributed by atoms with van der Waals surface area (Å²) in [6.45, 7) is 1.62. The Balaban J connectivity index is 1.46. The largest absolute Gasteiger partial charge is 0.381 e. The van der Waals surface area contributed by atoms with E-state index in [9.17, 15) is 18.0 Å². The van der Waals surface area contributed by atoms with E-state index in [4.69, 9.17) is 14.0 Å². The molecule has 1 atom stereocenters. The fourth-order valence-corrected chi connectivity index (χ4v) is 2.52. The maximum atomic E-state index is 13.1. The Morgan fingerprint density at radius 2 is 2.00 bits per heavy atom. The molecule has 1 aromatic heterocycles. The molecule has 0 aliphatic carbocycles. The molecule has 1 aliphatic heterocycles. The highest BCUT2D eigenvalue weighted by molar-refractivity contribution is 5.92. The molecule has 9 heteroatoms. The fourth-order valence-electron chi connectivity index (χ4n) is 2.52. The number of rotatable bonds is 7. The Morgan fingerprint density at radius 1 is 1.23 bits per heavy atom. The van der Waals surface area contributed by atoms with Crippen molar-refractivity contribution in [2.75, 3.05) is 19.8 Å². The number of hydrogen-bond donors (Lipinski definition) is 1. The van der Waals surface area contributed by atoms with E-state index in [2.05, 4.69) is 10.5 Å². The summed E-state index contributed by atoms with van der Waals surface area (Å²) in [7, 11) is 0. The van der Waals surface area contributed by atoms with Crippen LogP contribution in [0.2, 0.25) is 0 Å². The minimum absolute atomic E-state index is 0.0582. The molecule has 1 N–H and O–H groups in total. The van der Waals surface area contributed by atoms with Gasteiger partial charge in [-0.3, -0.25) is 4.79 Å². The van der Waals surface area contributed by atoms with Crippen LogP contribution in [0, 0.1) is 23.4 Å². The molecule has 26 heavy (non-hydrogen) atoms. The summed E-state index contributed by atoms with van der Waals surface area (Å²) < 4.78 is 54.6. The van der Waals surface area contributed by atoms with Gasteiger partial charge in [0.2, 0.25) is 0 Å². The van der Waals surface area contributed by atoms with Crippen LogP contribution in [-0.2, 0) is 22.7 Å². The van der Waals surface area contributed by atoms with Gasteiger partial charge in [0.1, 0.15) is 6.61 Å². The van der Waals surface area contributed by atoms with Gasteiger partial charge in [0.25, 0.3) is 5.91 Å². The normalized spacial score (nSPS) is 16.8. The Kier molecular flexibility index (Phi) is 5.89. The molecule has 3 rings (SSSR count). The zero-order valence-corrected chi connectivity index (χ0v) is 13.8. The van der Waals surface area contributed by atoms with Gasteiger partial charge in [0.05, 0.1) is 13.2 Å². The molecule has 0 saturated carbocycles. The molecule has 0 radical (unpaired) electrons. The van der Waals surface area contributed by atoms with E-state index in [0.717, 1.165) is 18.6 Å². The number of ether oxygens (including phenoxy) is 2. The zero-order valence-electron chi connectivity index (χ0n) is 13.8. The van der Waals surface area contributed by atoms with Crippen LogP contribution in [0.15, 0.2) is 22.7 Å². The van der Waals surface area contributed by atoms with Gasteiger partial charge in [-0.05, 0) is 24.1 Å². The van der Waals surface area contributed by atoms with Gasteiger partial charge in [-0.15, -0.1) is 0 Å². The van der Waals surface area contributed by atoms with Crippen molar-refractivity contribution in [3.8, 4) is 0 Å². The van der Waals surface area contributed by atoms with Gasteiger partial charge >= 0.3 is 0 Å². The predicted octanol–water partition coefficient (Wildman–Crippen LogP) is 2.58. The van der Waals surface area contributed by atoms with Crippen LogP contribution in [-0.4, -0.2) is 30.8 Å². The summed E-state index contributed by atoms with van der Waals surface area (Å²) in [6.07, 6.45) is 0.906. The molecule has 1 unspecified atom stereocenters. The van der Waals surface area contributed by atoms with E-state index in [1.165, 1.54) is 6.07 Å². The van der Waals surface area contributed by atoms with Gasteiger partial charge in [-0.1, -0.05) is 5.16 Å². The molecular weight excluding hydrogens is 353 g/mol. The van der Waals surface area contributed by atoms with Crippen LogP contribution in [0.3, 0.4) is 0 Å². The molecule has 1 fully saturated rings. The van der Waals surface area contributed by atoms with Crippen molar-refractivity contribution < 1.29 is 32.0 Å². The van der Waals surface area contributed by atoms with E-state index in [1.54, 1.807) is 0 Å². The lowest BCUT2D eigenvalue weighted by Gasteiger charge is -2.07. The SMILES string of the molecule is O=C(NCC1CCOC1)c1cc(COCc2cc(F)c(F)c(F)c2)on1. The standard InChI is InChI=1S/C17H17F3N2O4/c18-13-3-11(4-14(19)16(13)20)8-25-9-12-5-15(22-26-12)17(23)21-6-10-1-2-24-7-10/h3-5,10H,1-2,6-9H2,(H,21,23). The summed E-state index contributed by atoms with van der Waals surface area (Å²) in [5.41, 5.74) is 0.249. The molecule has 1 saturated heterocycles. The highest BCUT2D eigenvalue weighted by Gasteiger charge is 2.18. The second-order valence-corrected chi connectivity index (χ2v) is 5.98. The van der Waals surface area contributed by atoms with E-state index < -0.39 is 17.5 Å². The summed E-state index contributed by atoms with van der Waals surface area (Å²) >= 11 is 0. The third kappa shape index (κ3) is 4.61. The lowest BCUT2D eigenvalue weighted by molar-refractivity contribution is 0.0873. The number of hydrogen-bond acceptors (Lipinski definition) is 5. The average molecular weight is 370 g/mol. The van der Waals surface area contributed by atoms with Gasteiger partial charge < -0.3 is 19.3 Å². The molecular formula is C17H17F3N2O4. The summed E-state index contributed by atoms with van der Waals surface area (Å²) in [5, 5.41) is 6.41. The number of nitrogens with one attached hydrogen (secondary N) is 1. The Bertz CT molecular complexity index is 752. The highest BCUT2D eigenvalue weighted by Crippen LogP contribution is 2.15.